The van der Waals surface area contributed by atoms with Crippen LogP contribution in [0.15, 0.2) is 28.0 Å². The van der Waals surface area contributed by atoms with E-state index in [0.717, 1.165) is 18.2 Å². The third-order valence-corrected chi connectivity index (χ3v) is 3.56. The zero-order valence-corrected chi connectivity index (χ0v) is 9.06. The number of hydrogen-bond donors (Lipinski definition) is 3. The highest BCUT2D eigenvalue weighted by atomic mass is 32.2. The van der Waals surface area contributed by atoms with E-state index >= 15 is 0 Å². The monoisotopic (exact) mass is 270 g/mol. The molecule has 0 aliphatic carbocycles. The normalized spacial score (nSPS) is 12.6. The first-order chi connectivity index (χ1) is 7.20. The highest BCUT2D eigenvalue weighted by Crippen LogP contribution is 2.30. The van der Waals surface area contributed by atoms with Gasteiger partial charge >= 0.3 is 10.1 Å². The minimum Gasteiger partial charge on any atom is -0.505 e. The van der Waals surface area contributed by atoms with Crippen LogP contribution in [0.5, 0.6) is 5.75 Å². The SMILES string of the molecule is O=S(=O)(O)c1cccc(S(=O)(=O)OO)c1O. The molecule has 16 heavy (non-hydrogen) atoms. The summed E-state index contributed by atoms with van der Waals surface area (Å²) >= 11 is 0. The highest BCUT2D eigenvalue weighted by molar-refractivity contribution is 7.87. The van der Waals surface area contributed by atoms with Crippen LogP contribution in [0.4, 0.5) is 0 Å². The summed E-state index contributed by atoms with van der Waals surface area (Å²) in [4.78, 5) is -1.99. The number of rotatable bonds is 3. The lowest BCUT2D eigenvalue weighted by atomic mass is 10.3. The molecule has 10 heteroatoms. The second kappa shape index (κ2) is 3.99. The van der Waals surface area contributed by atoms with Gasteiger partial charge in [0, 0.05) is 0 Å². The molecule has 1 rings (SSSR count). The van der Waals surface area contributed by atoms with Gasteiger partial charge < -0.3 is 5.11 Å². The summed E-state index contributed by atoms with van der Waals surface area (Å²) in [6, 6.07) is 2.51. The van der Waals surface area contributed by atoms with Gasteiger partial charge in [0.05, 0.1) is 0 Å². The van der Waals surface area contributed by atoms with Crippen molar-refractivity contribution in [2.24, 2.45) is 0 Å². The minimum atomic E-state index is -4.78. The van der Waals surface area contributed by atoms with Gasteiger partial charge in [0.1, 0.15) is 9.79 Å². The Balaban J connectivity index is 3.61. The van der Waals surface area contributed by atoms with Gasteiger partial charge in [-0.2, -0.15) is 16.8 Å². The Labute approximate surface area is 90.5 Å². The molecule has 0 aliphatic rings. The van der Waals surface area contributed by atoms with Crippen molar-refractivity contribution in [3.8, 4) is 5.75 Å². The van der Waals surface area contributed by atoms with Crippen molar-refractivity contribution < 1.29 is 36.1 Å². The lowest BCUT2D eigenvalue weighted by Crippen LogP contribution is -2.06. The van der Waals surface area contributed by atoms with Crippen LogP contribution in [-0.2, 0) is 24.6 Å². The number of phenolic OH excluding ortho intramolecular Hbond substituents is 1. The van der Waals surface area contributed by atoms with Crippen LogP contribution < -0.4 is 0 Å². The van der Waals surface area contributed by atoms with Gasteiger partial charge in [0.25, 0.3) is 10.1 Å². The molecule has 0 fully saturated rings. The standard InChI is InChI=1S/C6H6O8S2/c7-6-4(15(9,10)11)2-1-3-5(6)16(12,13)14-8/h1-3,7-8H,(H,9,10,11). The number of para-hydroxylation sites is 1. The maximum absolute atomic E-state index is 11.0. The number of benzene rings is 1. The van der Waals surface area contributed by atoms with Gasteiger partial charge in [-0.3, -0.25) is 4.55 Å². The van der Waals surface area contributed by atoms with Crippen LogP contribution >= 0.6 is 0 Å². The number of hydrogen-bond acceptors (Lipinski definition) is 7. The quantitative estimate of drug-likeness (QED) is 0.390. The molecule has 1 aromatic rings. The Bertz CT molecular complexity index is 599. The van der Waals surface area contributed by atoms with E-state index in [-0.39, 0.29) is 0 Å². The van der Waals surface area contributed by atoms with Crippen LogP contribution in [0, 0.1) is 0 Å². The maximum atomic E-state index is 11.0. The Morgan fingerprint density at radius 3 is 2.00 bits per heavy atom. The smallest absolute Gasteiger partial charge is 0.326 e. The topological polar surface area (TPSA) is 138 Å². The van der Waals surface area contributed by atoms with Crippen molar-refractivity contribution in [2.75, 3.05) is 0 Å². The molecule has 0 atom stereocenters. The summed E-state index contributed by atoms with van der Waals surface area (Å²) in [5, 5.41) is 17.3. The van der Waals surface area contributed by atoms with Crippen LogP contribution in [0.3, 0.4) is 0 Å². The van der Waals surface area contributed by atoms with Crippen molar-refractivity contribution >= 4 is 20.2 Å². The van der Waals surface area contributed by atoms with Crippen LogP contribution in [0.1, 0.15) is 0 Å². The molecule has 1 aromatic carbocycles. The molecule has 0 heterocycles. The van der Waals surface area contributed by atoms with Gasteiger partial charge in [-0.25, -0.2) is 5.26 Å². The molecule has 0 saturated heterocycles. The van der Waals surface area contributed by atoms with Gasteiger partial charge in [-0.1, -0.05) is 6.07 Å². The molecular weight excluding hydrogens is 264 g/mol. The molecular formula is C6H6O8S2. The zero-order valence-electron chi connectivity index (χ0n) is 7.43. The first-order valence-corrected chi connectivity index (χ1v) is 6.42. The fourth-order valence-electron chi connectivity index (χ4n) is 0.952. The lowest BCUT2D eigenvalue weighted by Gasteiger charge is -2.05. The first-order valence-electron chi connectivity index (χ1n) is 3.57. The Kier molecular flexibility index (Phi) is 3.21. The van der Waals surface area contributed by atoms with Crippen LogP contribution in [-0.4, -0.2) is 31.8 Å². The molecule has 3 N–H and O–H groups in total. The average molecular weight is 270 g/mol. The van der Waals surface area contributed by atoms with Crippen LogP contribution in [0.25, 0.3) is 0 Å². The van der Waals surface area contributed by atoms with Gasteiger partial charge in [0.2, 0.25) is 0 Å². The van der Waals surface area contributed by atoms with E-state index in [1.165, 1.54) is 0 Å². The van der Waals surface area contributed by atoms with E-state index in [1.54, 1.807) is 0 Å². The van der Waals surface area contributed by atoms with Gasteiger partial charge in [-0.15, -0.1) is 4.33 Å². The Hall–Kier alpha value is -1.20. The highest BCUT2D eigenvalue weighted by Gasteiger charge is 2.25. The summed E-state index contributed by atoms with van der Waals surface area (Å²) in [6.45, 7) is 0. The summed E-state index contributed by atoms with van der Waals surface area (Å²) in [6.07, 6.45) is 0. The van der Waals surface area contributed by atoms with Crippen LogP contribution in [0.2, 0.25) is 0 Å². The largest absolute Gasteiger partial charge is 0.505 e. The van der Waals surface area contributed by atoms with Crippen molar-refractivity contribution in [1.82, 2.24) is 0 Å². The molecule has 0 radical (unpaired) electrons. The molecule has 0 bridgehead atoms. The van der Waals surface area contributed by atoms with E-state index in [2.05, 4.69) is 4.33 Å². The van der Waals surface area contributed by atoms with Crippen molar-refractivity contribution in [3.05, 3.63) is 18.2 Å². The van der Waals surface area contributed by atoms with E-state index in [9.17, 15) is 21.9 Å². The minimum absolute atomic E-state index is 0.779. The molecule has 90 valence electrons. The fourth-order valence-corrected chi connectivity index (χ4v) is 2.29. The fraction of sp³-hybridized carbons (Fsp3) is 0. The van der Waals surface area contributed by atoms with E-state index in [0.29, 0.717) is 0 Å². The molecule has 0 aromatic heterocycles. The molecule has 0 saturated carbocycles. The van der Waals surface area contributed by atoms with E-state index in [1.807, 2.05) is 0 Å². The summed E-state index contributed by atoms with van der Waals surface area (Å²) < 4.78 is 55.2. The van der Waals surface area contributed by atoms with Gasteiger partial charge in [0.15, 0.2) is 5.75 Å². The molecule has 0 spiro atoms. The van der Waals surface area contributed by atoms with E-state index in [4.69, 9.17) is 9.81 Å². The number of phenols is 1. The van der Waals surface area contributed by atoms with Gasteiger partial charge in [-0.05, 0) is 12.1 Å². The predicted octanol–water partition coefficient (Wildman–Crippen LogP) is -0.183. The summed E-state index contributed by atoms with van der Waals surface area (Å²) in [5.41, 5.74) is 0. The second-order valence-electron chi connectivity index (χ2n) is 2.61. The predicted molar refractivity (Wildman–Crippen MR) is 48.8 cm³/mol. The third-order valence-electron chi connectivity index (χ3n) is 1.61. The zero-order chi connectivity index (χ0) is 12.6. The van der Waals surface area contributed by atoms with E-state index < -0.39 is 35.8 Å². The molecule has 0 amide bonds. The molecule has 8 nitrogen and oxygen atoms in total. The lowest BCUT2D eigenvalue weighted by molar-refractivity contribution is -0.130. The first kappa shape index (κ1) is 12.9. The number of aromatic hydroxyl groups is 1. The van der Waals surface area contributed by atoms with Crippen molar-refractivity contribution in [1.29, 1.82) is 0 Å². The third kappa shape index (κ3) is 2.31. The molecule has 0 unspecified atom stereocenters. The maximum Gasteiger partial charge on any atom is 0.326 e. The summed E-state index contributed by atoms with van der Waals surface area (Å²) in [7, 11) is -9.46. The average Bonchev–Trinajstić information content (AvgIpc) is 2.16. The second-order valence-corrected chi connectivity index (χ2v) is 5.49. The molecule has 0 aliphatic heterocycles. The van der Waals surface area contributed by atoms with Crippen molar-refractivity contribution in [2.45, 2.75) is 9.79 Å². The van der Waals surface area contributed by atoms with Crippen molar-refractivity contribution in [3.63, 3.8) is 0 Å². The summed E-state index contributed by atoms with van der Waals surface area (Å²) in [5.74, 6) is -1.24. The Morgan fingerprint density at radius 2 is 1.56 bits per heavy atom. The Morgan fingerprint density at radius 1 is 1.06 bits per heavy atom.